The molecule has 2 nitrogen and oxygen atoms in total. The van der Waals surface area contributed by atoms with Crippen LogP contribution in [0.15, 0.2) is 24.3 Å². The van der Waals surface area contributed by atoms with Crippen molar-refractivity contribution in [3.05, 3.63) is 29.8 Å². The van der Waals surface area contributed by atoms with E-state index < -0.39 is 12.6 Å². The maximum atomic E-state index is 11.9. The summed E-state index contributed by atoms with van der Waals surface area (Å²) in [5.74, 6) is -0.246. The Morgan fingerprint density at radius 1 is 1.17 bits per heavy atom. The van der Waals surface area contributed by atoms with Gasteiger partial charge in [-0.1, -0.05) is 0 Å². The summed E-state index contributed by atoms with van der Waals surface area (Å²) in [7, 11) is 3.75. The van der Waals surface area contributed by atoms with Crippen molar-refractivity contribution in [2.75, 3.05) is 19.0 Å². The van der Waals surface area contributed by atoms with Gasteiger partial charge in [0.2, 0.25) is 0 Å². The van der Waals surface area contributed by atoms with Crippen LogP contribution in [-0.2, 0) is 0 Å². The van der Waals surface area contributed by atoms with Gasteiger partial charge in [-0.3, -0.25) is 4.79 Å². The summed E-state index contributed by atoms with van der Waals surface area (Å²) >= 11 is 0. The predicted molar refractivity (Wildman–Crippen MR) is 65.0 cm³/mol. The number of anilines is 1. The number of Topliss-reactive ketones (excluding diaryl/α,β-unsaturated/α-hetero) is 1. The number of hydrogen-bond acceptors (Lipinski definition) is 2. The van der Waals surface area contributed by atoms with E-state index in [1.807, 2.05) is 19.0 Å². The summed E-state index contributed by atoms with van der Waals surface area (Å²) in [6, 6.07) is 6.84. The molecule has 5 heteroatoms. The molecule has 0 unspecified atom stereocenters. The molecule has 1 rings (SSSR count). The minimum absolute atomic E-state index is 0.0686. The number of alkyl halides is 3. The summed E-state index contributed by atoms with van der Waals surface area (Å²) in [5, 5.41) is 0. The van der Waals surface area contributed by atoms with Crippen LogP contribution in [0.3, 0.4) is 0 Å². The van der Waals surface area contributed by atoms with Gasteiger partial charge in [0.1, 0.15) is 0 Å². The number of carbonyl (C=O) groups is 1. The summed E-state index contributed by atoms with van der Waals surface area (Å²) in [6.45, 7) is 0. The molecule has 0 aliphatic rings. The molecule has 0 aromatic heterocycles. The third kappa shape index (κ3) is 4.77. The lowest BCUT2D eigenvalue weighted by molar-refractivity contribution is -0.135. The van der Waals surface area contributed by atoms with Gasteiger partial charge in [0.05, 0.1) is 0 Å². The summed E-state index contributed by atoms with van der Waals surface area (Å²) < 4.78 is 35.8. The molecular weight excluding hydrogens is 243 g/mol. The monoisotopic (exact) mass is 259 g/mol. The molecule has 0 heterocycles. The van der Waals surface area contributed by atoms with E-state index >= 15 is 0 Å². The summed E-state index contributed by atoms with van der Waals surface area (Å²) in [4.78, 5) is 13.5. The standard InChI is InChI=1S/C13H16F3NO/c1-17(2)11-7-5-10(6-8-11)12(18)4-3-9-13(14,15)16/h5-8H,3-4,9H2,1-2H3. The molecule has 1 aromatic carbocycles. The van der Waals surface area contributed by atoms with Crippen molar-refractivity contribution >= 4 is 11.5 Å². The predicted octanol–water partition coefficient (Wildman–Crippen LogP) is 3.67. The molecule has 0 spiro atoms. The highest BCUT2D eigenvalue weighted by atomic mass is 19.4. The largest absolute Gasteiger partial charge is 0.389 e. The van der Waals surface area contributed by atoms with Crippen molar-refractivity contribution in [1.82, 2.24) is 0 Å². The van der Waals surface area contributed by atoms with Gasteiger partial charge in [0, 0.05) is 38.2 Å². The molecule has 0 saturated heterocycles. The Hall–Kier alpha value is -1.52. The second kappa shape index (κ2) is 5.89. The maximum absolute atomic E-state index is 11.9. The van der Waals surface area contributed by atoms with E-state index in [2.05, 4.69) is 0 Å². The molecule has 0 radical (unpaired) electrons. The molecule has 100 valence electrons. The Bertz CT molecular complexity index is 396. The molecule has 0 amide bonds. The zero-order valence-corrected chi connectivity index (χ0v) is 10.4. The first-order chi connectivity index (χ1) is 8.29. The van der Waals surface area contributed by atoms with E-state index in [0.717, 1.165) is 5.69 Å². The van der Waals surface area contributed by atoms with Crippen molar-refractivity contribution in [3.63, 3.8) is 0 Å². The van der Waals surface area contributed by atoms with Gasteiger partial charge in [0.25, 0.3) is 0 Å². The van der Waals surface area contributed by atoms with Gasteiger partial charge in [-0.05, 0) is 30.7 Å². The van der Waals surface area contributed by atoms with Crippen molar-refractivity contribution in [2.45, 2.75) is 25.4 Å². The van der Waals surface area contributed by atoms with Crippen LogP contribution >= 0.6 is 0 Å². The smallest absolute Gasteiger partial charge is 0.378 e. The highest BCUT2D eigenvalue weighted by Crippen LogP contribution is 2.23. The van der Waals surface area contributed by atoms with E-state index in [-0.39, 0.29) is 18.6 Å². The molecule has 0 fully saturated rings. The minimum Gasteiger partial charge on any atom is -0.378 e. The molecule has 0 atom stereocenters. The van der Waals surface area contributed by atoms with Gasteiger partial charge in [0.15, 0.2) is 5.78 Å². The Kier molecular flexibility index (Phi) is 4.76. The first-order valence-electron chi connectivity index (χ1n) is 5.67. The van der Waals surface area contributed by atoms with Crippen LogP contribution in [0.25, 0.3) is 0 Å². The van der Waals surface area contributed by atoms with Crippen LogP contribution in [0.5, 0.6) is 0 Å². The van der Waals surface area contributed by atoms with Crippen LogP contribution in [0.4, 0.5) is 18.9 Å². The topological polar surface area (TPSA) is 20.3 Å². The molecule has 18 heavy (non-hydrogen) atoms. The average Bonchev–Trinajstić information content (AvgIpc) is 2.27. The third-order valence-electron chi connectivity index (χ3n) is 2.57. The number of benzene rings is 1. The van der Waals surface area contributed by atoms with Crippen molar-refractivity contribution in [2.24, 2.45) is 0 Å². The quantitative estimate of drug-likeness (QED) is 0.752. The van der Waals surface area contributed by atoms with E-state index in [1.54, 1.807) is 24.3 Å². The van der Waals surface area contributed by atoms with Crippen LogP contribution in [0.1, 0.15) is 29.6 Å². The molecule has 1 aromatic rings. The van der Waals surface area contributed by atoms with Gasteiger partial charge < -0.3 is 4.90 Å². The fourth-order valence-corrected chi connectivity index (χ4v) is 1.54. The van der Waals surface area contributed by atoms with Crippen LogP contribution < -0.4 is 4.90 Å². The number of carbonyl (C=O) groups excluding carboxylic acids is 1. The molecule has 0 saturated carbocycles. The lowest BCUT2D eigenvalue weighted by Crippen LogP contribution is -2.10. The fourth-order valence-electron chi connectivity index (χ4n) is 1.54. The van der Waals surface area contributed by atoms with E-state index in [1.165, 1.54) is 0 Å². The lowest BCUT2D eigenvalue weighted by atomic mass is 10.0. The maximum Gasteiger partial charge on any atom is 0.389 e. The lowest BCUT2D eigenvalue weighted by Gasteiger charge is -2.12. The number of ketones is 1. The zero-order valence-electron chi connectivity index (χ0n) is 10.4. The Morgan fingerprint density at radius 2 is 1.72 bits per heavy atom. The van der Waals surface area contributed by atoms with Crippen molar-refractivity contribution < 1.29 is 18.0 Å². The summed E-state index contributed by atoms with van der Waals surface area (Å²) in [6.07, 6.45) is -5.32. The number of nitrogens with zero attached hydrogens (tertiary/aromatic N) is 1. The second-order valence-corrected chi connectivity index (χ2v) is 4.33. The first-order valence-corrected chi connectivity index (χ1v) is 5.67. The molecule has 0 aliphatic carbocycles. The van der Waals surface area contributed by atoms with Crippen molar-refractivity contribution in [1.29, 1.82) is 0 Å². The molecule has 0 aliphatic heterocycles. The van der Waals surface area contributed by atoms with Crippen molar-refractivity contribution in [3.8, 4) is 0 Å². The number of halogens is 3. The highest BCUT2D eigenvalue weighted by molar-refractivity contribution is 5.96. The average molecular weight is 259 g/mol. The highest BCUT2D eigenvalue weighted by Gasteiger charge is 2.26. The Labute approximate surface area is 104 Å². The summed E-state index contributed by atoms with van der Waals surface area (Å²) in [5.41, 5.74) is 1.41. The number of hydrogen-bond donors (Lipinski definition) is 0. The number of rotatable bonds is 5. The fraction of sp³-hybridized carbons (Fsp3) is 0.462. The SMILES string of the molecule is CN(C)c1ccc(C(=O)CCCC(F)(F)F)cc1. The van der Waals surface area contributed by atoms with Crippen LogP contribution in [0.2, 0.25) is 0 Å². The van der Waals surface area contributed by atoms with Gasteiger partial charge >= 0.3 is 6.18 Å². The van der Waals surface area contributed by atoms with Gasteiger partial charge in [-0.2, -0.15) is 13.2 Å². The van der Waals surface area contributed by atoms with E-state index in [4.69, 9.17) is 0 Å². The molecule has 0 bridgehead atoms. The first kappa shape index (κ1) is 14.5. The van der Waals surface area contributed by atoms with E-state index in [0.29, 0.717) is 5.56 Å². The van der Waals surface area contributed by atoms with Gasteiger partial charge in [-0.25, -0.2) is 0 Å². The third-order valence-corrected chi connectivity index (χ3v) is 2.57. The van der Waals surface area contributed by atoms with Crippen LogP contribution in [-0.4, -0.2) is 26.1 Å². The molecule has 0 N–H and O–H groups in total. The zero-order chi connectivity index (χ0) is 13.8. The Balaban J connectivity index is 2.52. The normalized spacial score (nSPS) is 11.4. The van der Waals surface area contributed by atoms with E-state index in [9.17, 15) is 18.0 Å². The minimum atomic E-state index is -4.19. The van der Waals surface area contributed by atoms with Gasteiger partial charge in [-0.15, -0.1) is 0 Å². The second-order valence-electron chi connectivity index (χ2n) is 4.33. The molecular formula is C13H16F3NO. The van der Waals surface area contributed by atoms with Crippen LogP contribution in [0, 0.1) is 0 Å². The Morgan fingerprint density at radius 3 is 2.17 bits per heavy atom.